The van der Waals surface area contributed by atoms with Crippen molar-refractivity contribution >= 4 is 11.6 Å². The van der Waals surface area contributed by atoms with Crippen molar-refractivity contribution in [2.24, 2.45) is 0 Å². The summed E-state index contributed by atoms with van der Waals surface area (Å²) in [5.41, 5.74) is 1.37. The van der Waals surface area contributed by atoms with Gasteiger partial charge in [0.25, 0.3) is 5.91 Å². The Morgan fingerprint density at radius 3 is 2.74 bits per heavy atom. The Labute approximate surface area is 133 Å². The van der Waals surface area contributed by atoms with E-state index in [1.165, 1.54) is 6.39 Å². The average Bonchev–Trinajstić information content (AvgIpc) is 3.10. The zero-order valence-electron chi connectivity index (χ0n) is 12.5. The van der Waals surface area contributed by atoms with E-state index in [0.29, 0.717) is 17.3 Å². The molecular weight excluding hydrogens is 294 g/mol. The van der Waals surface area contributed by atoms with Gasteiger partial charge in [0, 0.05) is 11.3 Å². The van der Waals surface area contributed by atoms with Crippen molar-refractivity contribution in [3.05, 3.63) is 61.0 Å². The van der Waals surface area contributed by atoms with Gasteiger partial charge in [0.05, 0.1) is 0 Å². The van der Waals surface area contributed by atoms with Crippen LogP contribution in [0.15, 0.2) is 65.4 Å². The summed E-state index contributed by atoms with van der Waals surface area (Å²) >= 11 is 0. The molecule has 0 bridgehead atoms. The van der Waals surface area contributed by atoms with E-state index in [-0.39, 0.29) is 5.91 Å². The molecule has 2 aromatic carbocycles. The zero-order valence-corrected chi connectivity index (χ0v) is 12.5. The summed E-state index contributed by atoms with van der Waals surface area (Å²) in [7, 11) is 0. The first-order valence-electron chi connectivity index (χ1n) is 7.11. The van der Waals surface area contributed by atoms with Crippen molar-refractivity contribution in [2.45, 2.75) is 13.0 Å². The molecule has 3 rings (SSSR count). The fraction of sp³-hybridized carbons (Fsp3) is 0.118. The van der Waals surface area contributed by atoms with E-state index in [2.05, 4.69) is 15.5 Å². The third kappa shape index (κ3) is 3.74. The minimum absolute atomic E-state index is 0.239. The summed E-state index contributed by atoms with van der Waals surface area (Å²) in [5, 5.41) is 10.3. The van der Waals surface area contributed by atoms with Crippen molar-refractivity contribution in [1.29, 1.82) is 0 Å². The summed E-state index contributed by atoms with van der Waals surface area (Å²) in [6.07, 6.45) is 0.639. The molecule has 0 fully saturated rings. The van der Waals surface area contributed by atoms with Gasteiger partial charge in [0.1, 0.15) is 5.75 Å². The minimum atomic E-state index is -0.621. The van der Waals surface area contributed by atoms with Gasteiger partial charge in [0.2, 0.25) is 12.3 Å². The lowest BCUT2D eigenvalue weighted by atomic mass is 10.2. The summed E-state index contributed by atoms with van der Waals surface area (Å²) in [5.74, 6) is 0.806. The number of aromatic nitrogens is 2. The molecule has 116 valence electrons. The largest absolute Gasteiger partial charge is 0.481 e. The number of ether oxygens (including phenoxy) is 1. The smallest absolute Gasteiger partial charge is 0.265 e. The van der Waals surface area contributed by atoms with Crippen molar-refractivity contribution in [3.63, 3.8) is 0 Å². The van der Waals surface area contributed by atoms with Crippen LogP contribution in [0.1, 0.15) is 6.92 Å². The van der Waals surface area contributed by atoms with Crippen LogP contribution in [-0.4, -0.2) is 22.2 Å². The van der Waals surface area contributed by atoms with Crippen molar-refractivity contribution in [2.75, 3.05) is 5.32 Å². The molecular formula is C17H15N3O3. The quantitative estimate of drug-likeness (QED) is 0.783. The van der Waals surface area contributed by atoms with Crippen LogP contribution in [0.2, 0.25) is 0 Å². The first-order valence-corrected chi connectivity index (χ1v) is 7.11. The molecule has 0 radical (unpaired) electrons. The van der Waals surface area contributed by atoms with Gasteiger partial charge in [-0.05, 0) is 37.3 Å². The molecule has 23 heavy (non-hydrogen) atoms. The normalized spacial score (nSPS) is 11.7. The van der Waals surface area contributed by atoms with E-state index < -0.39 is 6.10 Å². The van der Waals surface area contributed by atoms with Gasteiger partial charge in [-0.2, -0.15) is 0 Å². The van der Waals surface area contributed by atoms with E-state index in [1.54, 1.807) is 37.3 Å². The predicted octanol–water partition coefficient (Wildman–Crippen LogP) is 3.14. The maximum absolute atomic E-state index is 12.2. The lowest BCUT2D eigenvalue weighted by Gasteiger charge is -2.14. The molecule has 1 aromatic heterocycles. The van der Waals surface area contributed by atoms with Crippen molar-refractivity contribution in [1.82, 2.24) is 10.2 Å². The Bertz CT molecular complexity index is 773. The number of amides is 1. The number of para-hydroxylation sites is 1. The third-order valence-electron chi connectivity index (χ3n) is 3.16. The number of carbonyl (C=O) groups excluding carboxylic acids is 1. The Kier molecular flexibility index (Phi) is 4.33. The maximum atomic E-state index is 12.2. The second-order valence-electron chi connectivity index (χ2n) is 4.89. The fourth-order valence-electron chi connectivity index (χ4n) is 2.03. The van der Waals surface area contributed by atoms with Gasteiger partial charge < -0.3 is 14.5 Å². The second kappa shape index (κ2) is 6.74. The Morgan fingerprint density at radius 2 is 2.00 bits per heavy atom. The number of anilines is 1. The summed E-state index contributed by atoms with van der Waals surface area (Å²) < 4.78 is 10.7. The molecule has 1 amide bonds. The first kappa shape index (κ1) is 14.8. The van der Waals surface area contributed by atoms with Crippen LogP contribution in [0.4, 0.5) is 5.69 Å². The third-order valence-corrected chi connectivity index (χ3v) is 3.16. The Balaban J connectivity index is 1.67. The van der Waals surface area contributed by atoms with Crippen LogP contribution in [-0.2, 0) is 4.79 Å². The summed E-state index contributed by atoms with van der Waals surface area (Å²) in [6, 6.07) is 16.4. The highest BCUT2D eigenvalue weighted by Crippen LogP contribution is 2.20. The Morgan fingerprint density at radius 1 is 1.17 bits per heavy atom. The number of hydrogen-bond acceptors (Lipinski definition) is 5. The molecule has 1 atom stereocenters. The zero-order chi connectivity index (χ0) is 16.1. The number of benzene rings is 2. The standard InChI is InChI=1S/C17H15N3O3/c1-12(23-15-8-3-2-4-9-15)16(21)19-14-7-5-6-13(10-14)17-20-18-11-22-17/h2-12H,1H3,(H,19,21)/t12-/m1/s1. The van der Waals surface area contributed by atoms with E-state index in [4.69, 9.17) is 9.15 Å². The lowest BCUT2D eigenvalue weighted by Crippen LogP contribution is -2.30. The van der Waals surface area contributed by atoms with Gasteiger partial charge in [-0.3, -0.25) is 4.79 Å². The molecule has 1 N–H and O–H groups in total. The monoisotopic (exact) mass is 309 g/mol. The van der Waals surface area contributed by atoms with Gasteiger partial charge in [0.15, 0.2) is 6.10 Å². The summed E-state index contributed by atoms with van der Waals surface area (Å²) in [6.45, 7) is 1.70. The molecule has 0 aliphatic rings. The maximum Gasteiger partial charge on any atom is 0.265 e. The summed E-state index contributed by atoms with van der Waals surface area (Å²) in [4.78, 5) is 12.2. The highest BCUT2D eigenvalue weighted by atomic mass is 16.5. The van der Waals surface area contributed by atoms with Crippen LogP contribution in [0, 0.1) is 0 Å². The van der Waals surface area contributed by atoms with E-state index >= 15 is 0 Å². The highest BCUT2D eigenvalue weighted by Gasteiger charge is 2.15. The fourth-order valence-corrected chi connectivity index (χ4v) is 2.03. The SMILES string of the molecule is C[C@@H](Oc1ccccc1)C(=O)Nc1cccc(-c2nnco2)c1. The van der Waals surface area contributed by atoms with Crippen LogP contribution in [0.3, 0.4) is 0 Å². The van der Waals surface area contributed by atoms with Gasteiger partial charge in [-0.1, -0.05) is 24.3 Å². The van der Waals surface area contributed by atoms with Crippen LogP contribution < -0.4 is 10.1 Å². The molecule has 0 saturated carbocycles. The predicted molar refractivity (Wildman–Crippen MR) is 84.9 cm³/mol. The van der Waals surface area contributed by atoms with Crippen LogP contribution >= 0.6 is 0 Å². The molecule has 0 saturated heterocycles. The molecule has 0 spiro atoms. The molecule has 3 aromatic rings. The van der Waals surface area contributed by atoms with Crippen molar-refractivity contribution < 1.29 is 13.9 Å². The topological polar surface area (TPSA) is 77.2 Å². The van der Waals surface area contributed by atoms with E-state index in [9.17, 15) is 4.79 Å². The molecule has 6 nitrogen and oxygen atoms in total. The molecule has 1 heterocycles. The average molecular weight is 309 g/mol. The number of rotatable bonds is 5. The Hall–Kier alpha value is -3.15. The van der Waals surface area contributed by atoms with Crippen LogP contribution in [0.25, 0.3) is 11.5 Å². The van der Waals surface area contributed by atoms with Crippen LogP contribution in [0.5, 0.6) is 5.75 Å². The van der Waals surface area contributed by atoms with E-state index in [1.807, 2.05) is 24.3 Å². The number of hydrogen-bond donors (Lipinski definition) is 1. The molecule has 0 aliphatic heterocycles. The van der Waals surface area contributed by atoms with Crippen molar-refractivity contribution in [3.8, 4) is 17.2 Å². The number of carbonyl (C=O) groups is 1. The van der Waals surface area contributed by atoms with E-state index in [0.717, 1.165) is 5.56 Å². The molecule has 0 aliphatic carbocycles. The lowest BCUT2D eigenvalue weighted by molar-refractivity contribution is -0.122. The number of nitrogens with one attached hydrogen (secondary N) is 1. The molecule has 6 heteroatoms. The second-order valence-corrected chi connectivity index (χ2v) is 4.89. The van der Waals surface area contributed by atoms with Gasteiger partial charge in [-0.25, -0.2) is 0 Å². The minimum Gasteiger partial charge on any atom is -0.481 e. The van der Waals surface area contributed by atoms with Gasteiger partial charge >= 0.3 is 0 Å². The highest BCUT2D eigenvalue weighted by molar-refractivity contribution is 5.94. The first-order chi connectivity index (χ1) is 11.2. The molecule has 0 unspecified atom stereocenters. The number of nitrogens with zero attached hydrogens (tertiary/aromatic N) is 2. The van der Waals surface area contributed by atoms with Gasteiger partial charge in [-0.15, -0.1) is 10.2 Å².